The standard InChI is InChI=1S/C27H22N2O/c28-21-27(25-9-5-2-6-10-25)17-19-29(20-18-27)26(30)24-15-13-23(14-16-24)12-11-22-7-3-1-4-8-22/h1-10,13-16H,17-20H2. The van der Waals surface area contributed by atoms with Crippen LogP contribution in [0.1, 0.15) is 39.9 Å². The van der Waals surface area contributed by atoms with Crippen LogP contribution in [-0.2, 0) is 5.41 Å². The molecule has 0 unspecified atom stereocenters. The quantitative estimate of drug-likeness (QED) is 0.591. The lowest BCUT2D eigenvalue weighted by Crippen LogP contribution is -2.44. The van der Waals surface area contributed by atoms with Crippen molar-refractivity contribution in [1.82, 2.24) is 4.90 Å². The number of carbonyl (C=O) groups is 1. The van der Waals surface area contributed by atoms with Gasteiger partial charge in [-0.2, -0.15) is 5.26 Å². The zero-order valence-electron chi connectivity index (χ0n) is 16.7. The third kappa shape index (κ3) is 4.12. The first kappa shape index (κ1) is 19.5. The Hall–Kier alpha value is -3.82. The number of carbonyl (C=O) groups excluding carboxylic acids is 1. The van der Waals surface area contributed by atoms with E-state index in [0.717, 1.165) is 16.7 Å². The van der Waals surface area contributed by atoms with E-state index in [4.69, 9.17) is 0 Å². The fourth-order valence-corrected chi connectivity index (χ4v) is 3.86. The number of hydrogen-bond donors (Lipinski definition) is 0. The van der Waals surface area contributed by atoms with E-state index in [1.807, 2.05) is 89.8 Å². The van der Waals surface area contributed by atoms with Crippen LogP contribution in [0.15, 0.2) is 84.9 Å². The number of likely N-dealkylation sites (tertiary alicyclic amines) is 1. The average Bonchev–Trinajstić information content (AvgIpc) is 2.84. The highest BCUT2D eigenvalue weighted by Crippen LogP contribution is 2.35. The Morgan fingerprint density at radius 1 is 0.767 bits per heavy atom. The molecule has 0 N–H and O–H groups in total. The highest BCUT2D eigenvalue weighted by Gasteiger charge is 2.37. The number of rotatable bonds is 2. The van der Waals surface area contributed by atoms with Gasteiger partial charge in [-0.1, -0.05) is 60.4 Å². The van der Waals surface area contributed by atoms with Crippen LogP contribution in [0, 0.1) is 23.2 Å². The fourth-order valence-electron chi connectivity index (χ4n) is 3.86. The summed E-state index contributed by atoms with van der Waals surface area (Å²) >= 11 is 0. The van der Waals surface area contributed by atoms with Crippen molar-refractivity contribution in [2.45, 2.75) is 18.3 Å². The van der Waals surface area contributed by atoms with E-state index < -0.39 is 5.41 Å². The van der Waals surface area contributed by atoms with Gasteiger partial charge >= 0.3 is 0 Å². The van der Waals surface area contributed by atoms with Gasteiger partial charge in [0.1, 0.15) is 0 Å². The second-order valence-electron chi connectivity index (χ2n) is 7.55. The van der Waals surface area contributed by atoms with Gasteiger partial charge in [0.25, 0.3) is 5.91 Å². The SMILES string of the molecule is N#CC1(c2ccccc2)CCN(C(=O)c2ccc(C#Cc3ccccc3)cc2)CC1. The maximum absolute atomic E-state index is 12.9. The molecule has 3 aromatic carbocycles. The van der Waals surface area contributed by atoms with Crippen LogP contribution in [0.2, 0.25) is 0 Å². The van der Waals surface area contributed by atoms with Gasteiger partial charge in [-0.15, -0.1) is 0 Å². The zero-order chi connectivity index (χ0) is 20.8. The first-order valence-corrected chi connectivity index (χ1v) is 10.1. The van der Waals surface area contributed by atoms with Crippen molar-refractivity contribution in [2.75, 3.05) is 13.1 Å². The van der Waals surface area contributed by atoms with Crippen molar-refractivity contribution in [3.63, 3.8) is 0 Å². The van der Waals surface area contributed by atoms with Crippen LogP contribution < -0.4 is 0 Å². The summed E-state index contributed by atoms with van der Waals surface area (Å²) in [5, 5.41) is 9.83. The molecule has 1 heterocycles. The molecule has 1 aliphatic rings. The molecule has 1 saturated heterocycles. The lowest BCUT2D eigenvalue weighted by molar-refractivity contribution is 0.0692. The van der Waals surface area contributed by atoms with E-state index in [-0.39, 0.29) is 5.91 Å². The van der Waals surface area contributed by atoms with E-state index in [2.05, 4.69) is 17.9 Å². The summed E-state index contributed by atoms with van der Waals surface area (Å²) in [7, 11) is 0. The Morgan fingerprint density at radius 3 is 1.87 bits per heavy atom. The molecule has 30 heavy (non-hydrogen) atoms. The van der Waals surface area contributed by atoms with Gasteiger partial charge in [0.05, 0.1) is 11.5 Å². The lowest BCUT2D eigenvalue weighted by Gasteiger charge is -2.37. The molecule has 3 heteroatoms. The predicted molar refractivity (Wildman–Crippen MR) is 118 cm³/mol. The first-order valence-electron chi connectivity index (χ1n) is 10.1. The van der Waals surface area contributed by atoms with Crippen LogP contribution in [0.5, 0.6) is 0 Å². The zero-order valence-corrected chi connectivity index (χ0v) is 16.7. The number of benzene rings is 3. The molecule has 0 bridgehead atoms. The molecular weight excluding hydrogens is 368 g/mol. The maximum atomic E-state index is 12.9. The fraction of sp³-hybridized carbons (Fsp3) is 0.185. The number of amides is 1. The highest BCUT2D eigenvalue weighted by atomic mass is 16.2. The Balaban J connectivity index is 1.42. The van der Waals surface area contributed by atoms with E-state index >= 15 is 0 Å². The largest absolute Gasteiger partial charge is 0.339 e. The molecule has 1 aliphatic heterocycles. The average molecular weight is 390 g/mol. The van der Waals surface area contributed by atoms with Crippen molar-refractivity contribution in [1.29, 1.82) is 5.26 Å². The Kier molecular flexibility index (Phi) is 5.64. The molecule has 0 radical (unpaired) electrons. The van der Waals surface area contributed by atoms with Gasteiger partial charge in [0.2, 0.25) is 0 Å². The van der Waals surface area contributed by atoms with Crippen molar-refractivity contribution < 1.29 is 4.79 Å². The van der Waals surface area contributed by atoms with Crippen LogP contribution in [0.25, 0.3) is 0 Å². The van der Waals surface area contributed by atoms with Gasteiger partial charge in [-0.05, 0) is 54.8 Å². The van der Waals surface area contributed by atoms with Crippen molar-refractivity contribution in [3.05, 3.63) is 107 Å². The van der Waals surface area contributed by atoms with Gasteiger partial charge in [0, 0.05) is 29.8 Å². The monoisotopic (exact) mass is 390 g/mol. The minimum Gasteiger partial charge on any atom is -0.339 e. The molecule has 3 aromatic rings. The molecule has 146 valence electrons. The summed E-state index contributed by atoms with van der Waals surface area (Å²) in [6, 6.07) is 29.7. The number of nitrogens with zero attached hydrogens (tertiary/aromatic N) is 2. The summed E-state index contributed by atoms with van der Waals surface area (Å²) in [4.78, 5) is 14.8. The van der Waals surface area contributed by atoms with Gasteiger partial charge in [0.15, 0.2) is 0 Å². The second-order valence-corrected chi connectivity index (χ2v) is 7.55. The number of piperidine rings is 1. The Bertz CT molecular complexity index is 1110. The lowest BCUT2D eigenvalue weighted by atomic mass is 9.74. The smallest absolute Gasteiger partial charge is 0.253 e. The van der Waals surface area contributed by atoms with Gasteiger partial charge < -0.3 is 4.90 Å². The number of hydrogen-bond acceptors (Lipinski definition) is 2. The van der Waals surface area contributed by atoms with Crippen LogP contribution in [-0.4, -0.2) is 23.9 Å². The van der Waals surface area contributed by atoms with Crippen LogP contribution in [0.3, 0.4) is 0 Å². The Morgan fingerprint density at radius 2 is 1.30 bits per heavy atom. The molecule has 0 atom stereocenters. The second kappa shape index (κ2) is 8.68. The summed E-state index contributed by atoms with van der Waals surface area (Å²) in [5.74, 6) is 6.27. The van der Waals surface area contributed by atoms with Crippen LogP contribution in [0.4, 0.5) is 0 Å². The summed E-state index contributed by atoms with van der Waals surface area (Å²) in [5.41, 5.74) is 3.03. The van der Waals surface area contributed by atoms with E-state index in [1.54, 1.807) is 0 Å². The number of nitriles is 1. The minimum absolute atomic E-state index is 0.0113. The molecule has 1 fully saturated rings. The molecule has 0 spiro atoms. The van der Waals surface area contributed by atoms with E-state index in [1.165, 1.54) is 0 Å². The first-order chi connectivity index (χ1) is 14.7. The molecule has 3 nitrogen and oxygen atoms in total. The normalized spacial score (nSPS) is 14.8. The van der Waals surface area contributed by atoms with Gasteiger partial charge in [-0.25, -0.2) is 0 Å². The summed E-state index contributed by atoms with van der Waals surface area (Å²) in [6.07, 6.45) is 1.31. The summed E-state index contributed by atoms with van der Waals surface area (Å²) in [6.45, 7) is 1.16. The van der Waals surface area contributed by atoms with Crippen LogP contribution >= 0.6 is 0 Å². The van der Waals surface area contributed by atoms with E-state index in [0.29, 0.717) is 31.5 Å². The maximum Gasteiger partial charge on any atom is 0.253 e. The molecule has 0 aromatic heterocycles. The Labute approximate surface area is 177 Å². The highest BCUT2D eigenvalue weighted by molar-refractivity contribution is 5.94. The predicted octanol–water partition coefficient (Wildman–Crippen LogP) is 4.78. The topological polar surface area (TPSA) is 44.1 Å². The van der Waals surface area contributed by atoms with E-state index in [9.17, 15) is 10.1 Å². The summed E-state index contributed by atoms with van der Waals surface area (Å²) < 4.78 is 0. The third-order valence-corrected chi connectivity index (χ3v) is 5.70. The molecule has 0 saturated carbocycles. The molecule has 4 rings (SSSR count). The minimum atomic E-state index is -0.505. The molecule has 1 amide bonds. The van der Waals surface area contributed by atoms with Crippen molar-refractivity contribution >= 4 is 5.91 Å². The van der Waals surface area contributed by atoms with Crippen molar-refractivity contribution in [2.24, 2.45) is 0 Å². The van der Waals surface area contributed by atoms with Crippen molar-refractivity contribution in [3.8, 4) is 17.9 Å². The van der Waals surface area contributed by atoms with Gasteiger partial charge in [-0.3, -0.25) is 4.79 Å². The molecular formula is C27H22N2O. The molecule has 0 aliphatic carbocycles. The third-order valence-electron chi connectivity index (χ3n) is 5.70.